The highest BCUT2D eigenvalue weighted by Crippen LogP contribution is 2.30. The molecule has 0 bridgehead atoms. The first kappa shape index (κ1) is 24.5. The molecular formula is C24H28N4O6S. The van der Waals surface area contributed by atoms with Gasteiger partial charge in [-0.1, -0.05) is 6.42 Å². The van der Waals surface area contributed by atoms with Crippen molar-refractivity contribution in [1.29, 1.82) is 0 Å². The van der Waals surface area contributed by atoms with E-state index in [1.807, 2.05) is 0 Å². The van der Waals surface area contributed by atoms with E-state index in [9.17, 15) is 18.0 Å². The minimum absolute atomic E-state index is 0.0308. The summed E-state index contributed by atoms with van der Waals surface area (Å²) >= 11 is 0. The van der Waals surface area contributed by atoms with Crippen molar-refractivity contribution in [3.8, 4) is 5.75 Å². The number of carbonyl (C=O) groups excluding carboxylic acids is 2. The summed E-state index contributed by atoms with van der Waals surface area (Å²) in [6.45, 7) is 0.705. The number of esters is 1. The smallest absolute Gasteiger partial charge is 0.339 e. The Morgan fingerprint density at radius 2 is 1.86 bits per heavy atom. The summed E-state index contributed by atoms with van der Waals surface area (Å²) in [5.41, 5.74) is 1.92. The predicted molar refractivity (Wildman–Crippen MR) is 131 cm³/mol. The zero-order valence-corrected chi connectivity index (χ0v) is 20.2. The van der Waals surface area contributed by atoms with Crippen LogP contribution in [0.3, 0.4) is 0 Å². The normalized spacial score (nSPS) is 13.4. The largest absolute Gasteiger partial charge is 0.469 e. The third kappa shape index (κ3) is 6.72. The fraction of sp³-hybridized carbons (Fsp3) is 0.375. The number of nitrogens with zero attached hydrogens (tertiary/aromatic N) is 1. The number of benzene rings is 2. The number of H-pyrrole nitrogens is 1. The first-order valence-electron chi connectivity index (χ1n) is 11.5. The molecule has 0 aliphatic heterocycles. The molecule has 0 radical (unpaired) electrons. The number of ether oxygens (including phenoxy) is 1. The maximum absolute atomic E-state index is 12.7. The van der Waals surface area contributed by atoms with Gasteiger partial charge in [-0.15, -0.1) is 0 Å². The van der Waals surface area contributed by atoms with Crippen LogP contribution in [0.15, 0.2) is 47.4 Å². The lowest BCUT2D eigenvalue weighted by Gasteiger charge is -2.09. The molecule has 1 saturated carbocycles. The molecule has 1 amide bonds. The van der Waals surface area contributed by atoms with Crippen molar-refractivity contribution in [2.45, 2.75) is 43.4 Å². The zero-order valence-electron chi connectivity index (χ0n) is 19.4. The summed E-state index contributed by atoms with van der Waals surface area (Å²) in [4.78, 5) is 30.3. The topological polar surface area (TPSA) is 139 Å². The first-order chi connectivity index (χ1) is 16.8. The Morgan fingerprint density at radius 1 is 1.09 bits per heavy atom. The fourth-order valence-corrected chi connectivity index (χ4v) is 4.41. The molecule has 2 aromatic carbocycles. The van der Waals surface area contributed by atoms with E-state index in [0.29, 0.717) is 29.9 Å². The average Bonchev–Trinajstić information content (AvgIpc) is 3.62. The SMILES string of the molecule is COC(=O)CCCCCNc1ccc(S(=O)(=O)Oc2ccc3nc(NC(=O)C4CC4)[nH]c3c2)cc1. The molecule has 186 valence electrons. The number of fused-ring (bicyclic) bond motifs is 1. The van der Waals surface area contributed by atoms with Gasteiger partial charge in [0.15, 0.2) is 0 Å². The minimum Gasteiger partial charge on any atom is -0.469 e. The molecule has 3 N–H and O–H groups in total. The number of carbonyl (C=O) groups is 2. The van der Waals surface area contributed by atoms with Crippen LogP contribution in [-0.4, -0.2) is 43.9 Å². The second-order valence-corrected chi connectivity index (χ2v) is 9.95. The third-order valence-corrected chi connectivity index (χ3v) is 6.87. The lowest BCUT2D eigenvalue weighted by Crippen LogP contribution is -2.14. The first-order valence-corrected chi connectivity index (χ1v) is 12.9. The number of imidazole rings is 1. The van der Waals surface area contributed by atoms with E-state index in [1.165, 1.54) is 31.4 Å². The second kappa shape index (κ2) is 10.8. The summed E-state index contributed by atoms with van der Waals surface area (Å²) < 4.78 is 35.4. The molecule has 0 atom stereocenters. The van der Waals surface area contributed by atoms with Crippen LogP contribution in [0.2, 0.25) is 0 Å². The highest BCUT2D eigenvalue weighted by molar-refractivity contribution is 7.87. The van der Waals surface area contributed by atoms with E-state index in [-0.39, 0.29) is 28.4 Å². The van der Waals surface area contributed by atoms with Crippen molar-refractivity contribution in [3.63, 3.8) is 0 Å². The molecule has 0 saturated heterocycles. The molecule has 1 heterocycles. The number of amides is 1. The van der Waals surface area contributed by atoms with Gasteiger partial charge in [0.05, 0.1) is 18.1 Å². The lowest BCUT2D eigenvalue weighted by molar-refractivity contribution is -0.140. The minimum atomic E-state index is -4.03. The lowest BCUT2D eigenvalue weighted by atomic mass is 10.2. The van der Waals surface area contributed by atoms with E-state index in [2.05, 4.69) is 25.3 Å². The van der Waals surface area contributed by atoms with Crippen molar-refractivity contribution in [2.75, 3.05) is 24.3 Å². The maximum Gasteiger partial charge on any atom is 0.339 e. The number of hydrogen-bond donors (Lipinski definition) is 3. The summed E-state index contributed by atoms with van der Waals surface area (Å²) in [6.07, 6.45) is 4.71. The molecule has 3 aromatic rings. The van der Waals surface area contributed by atoms with Gasteiger partial charge in [0.25, 0.3) is 0 Å². The van der Waals surface area contributed by atoms with Crippen molar-refractivity contribution >= 4 is 44.7 Å². The van der Waals surface area contributed by atoms with Crippen LogP contribution in [0, 0.1) is 5.92 Å². The van der Waals surface area contributed by atoms with Crippen molar-refractivity contribution < 1.29 is 26.9 Å². The number of unbranched alkanes of at least 4 members (excludes halogenated alkanes) is 2. The Hall–Kier alpha value is -3.60. The Labute approximate surface area is 203 Å². The van der Waals surface area contributed by atoms with E-state index in [4.69, 9.17) is 4.18 Å². The molecule has 1 aliphatic rings. The highest BCUT2D eigenvalue weighted by atomic mass is 32.2. The number of nitrogens with one attached hydrogen (secondary N) is 3. The number of hydrogen-bond acceptors (Lipinski definition) is 8. The summed E-state index contributed by atoms with van der Waals surface area (Å²) in [5.74, 6) is 0.230. The van der Waals surface area contributed by atoms with Crippen LogP contribution in [0.1, 0.15) is 38.5 Å². The number of aromatic nitrogens is 2. The van der Waals surface area contributed by atoms with Gasteiger partial charge in [0.1, 0.15) is 10.6 Å². The summed E-state index contributed by atoms with van der Waals surface area (Å²) in [5, 5.41) is 5.96. The van der Waals surface area contributed by atoms with Crippen LogP contribution >= 0.6 is 0 Å². The zero-order chi connectivity index (χ0) is 24.8. The van der Waals surface area contributed by atoms with Crippen molar-refractivity contribution in [3.05, 3.63) is 42.5 Å². The summed E-state index contributed by atoms with van der Waals surface area (Å²) in [7, 11) is -2.65. The Kier molecular flexibility index (Phi) is 7.54. The molecular weight excluding hydrogens is 472 g/mol. The molecule has 11 heteroatoms. The number of anilines is 2. The average molecular weight is 501 g/mol. The van der Waals surface area contributed by atoms with Gasteiger partial charge in [-0.2, -0.15) is 8.42 Å². The molecule has 0 unspecified atom stereocenters. The van der Waals surface area contributed by atoms with Gasteiger partial charge in [0, 0.05) is 30.6 Å². The third-order valence-electron chi connectivity index (χ3n) is 5.61. The van der Waals surface area contributed by atoms with Gasteiger partial charge in [-0.05, 0) is 62.1 Å². The molecule has 35 heavy (non-hydrogen) atoms. The standard InChI is InChI=1S/C24H28N4O6S/c1-33-22(29)5-3-2-4-14-25-17-8-11-19(12-9-17)35(31,32)34-18-10-13-20-21(15-18)27-24(26-20)28-23(30)16-6-7-16/h8-13,15-16,25H,2-7,14H2,1H3,(H2,26,27,28,30). The van der Waals surface area contributed by atoms with Gasteiger partial charge in [-0.3, -0.25) is 14.9 Å². The van der Waals surface area contributed by atoms with Crippen molar-refractivity contribution in [1.82, 2.24) is 9.97 Å². The van der Waals surface area contributed by atoms with E-state index < -0.39 is 10.1 Å². The molecule has 1 aliphatic carbocycles. The maximum atomic E-state index is 12.7. The Bertz CT molecular complexity index is 1300. The molecule has 4 rings (SSSR count). The number of methoxy groups -OCH3 is 1. The Morgan fingerprint density at radius 3 is 2.57 bits per heavy atom. The van der Waals surface area contributed by atoms with Gasteiger partial charge in [-0.25, -0.2) is 4.98 Å². The molecule has 10 nitrogen and oxygen atoms in total. The molecule has 1 fully saturated rings. The van der Waals surface area contributed by atoms with Gasteiger partial charge in [0.2, 0.25) is 11.9 Å². The summed E-state index contributed by atoms with van der Waals surface area (Å²) in [6, 6.07) is 11.0. The second-order valence-electron chi connectivity index (χ2n) is 8.40. The van der Waals surface area contributed by atoms with E-state index in [1.54, 1.807) is 18.2 Å². The van der Waals surface area contributed by atoms with Crippen LogP contribution in [-0.2, 0) is 24.4 Å². The van der Waals surface area contributed by atoms with Gasteiger partial charge >= 0.3 is 16.1 Å². The van der Waals surface area contributed by atoms with Crippen molar-refractivity contribution in [2.24, 2.45) is 5.92 Å². The van der Waals surface area contributed by atoms with Crippen LogP contribution < -0.4 is 14.8 Å². The van der Waals surface area contributed by atoms with E-state index in [0.717, 1.165) is 37.8 Å². The predicted octanol–water partition coefficient (Wildman–Crippen LogP) is 3.82. The van der Waals surface area contributed by atoms with Crippen LogP contribution in [0.5, 0.6) is 5.75 Å². The van der Waals surface area contributed by atoms with E-state index >= 15 is 0 Å². The van der Waals surface area contributed by atoms with Gasteiger partial charge < -0.3 is 19.2 Å². The molecule has 1 aromatic heterocycles. The monoisotopic (exact) mass is 500 g/mol. The quantitative estimate of drug-likeness (QED) is 0.194. The fourth-order valence-electron chi connectivity index (χ4n) is 3.48. The molecule has 0 spiro atoms. The van der Waals surface area contributed by atoms with Crippen LogP contribution in [0.25, 0.3) is 11.0 Å². The van der Waals surface area contributed by atoms with Crippen LogP contribution in [0.4, 0.5) is 11.6 Å². The number of aromatic amines is 1. The number of rotatable bonds is 12. The highest BCUT2D eigenvalue weighted by Gasteiger charge is 2.30. The Balaban J connectivity index is 1.31.